The lowest BCUT2D eigenvalue weighted by molar-refractivity contribution is -0.120. The lowest BCUT2D eigenvalue weighted by atomic mass is 10.1. The first kappa shape index (κ1) is 16.2. The normalized spacial score (nSPS) is 10.9. The van der Waals surface area contributed by atoms with Crippen LogP contribution in [0.5, 0.6) is 0 Å². The van der Waals surface area contributed by atoms with Crippen molar-refractivity contribution in [1.82, 2.24) is 5.32 Å². The summed E-state index contributed by atoms with van der Waals surface area (Å²) >= 11 is 0. The van der Waals surface area contributed by atoms with E-state index < -0.39 is 6.43 Å². The van der Waals surface area contributed by atoms with Crippen LogP contribution >= 0.6 is 0 Å². The molecule has 0 aliphatic rings. The number of rotatable bonds is 7. The minimum Gasteiger partial charge on any atom is -0.399 e. The SMILES string of the molecule is CC(C)CNC(=O)CCNc1ccc(N)cc1C(F)F. The molecule has 0 atom stereocenters. The molecular formula is C14H21F2N3O. The van der Waals surface area contributed by atoms with E-state index in [0.717, 1.165) is 0 Å². The van der Waals surface area contributed by atoms with Gasteiger partial charge in [0.1, 0.15) is 0 Å². The molecule has 1 amide bonds. The molecule has 0 heterocycles. The Morgan fingerprint density at radius 2 is 2.05 bits per heavy atom. The second-order valence-electron chi connectivity index (χ2n) is 5.02. The van der Waals surface area contributed by atoms with Gasteiger partial charge in [0, 0.05) is 36.4 Å². The van der Waals surface area contributed by atoms with Crippen molar-refractivity contribution in [2.75, 3.05) is 24.1 Å². The van der Waals surface area contributed by atoms with Crippen LogP contribution in [0.15, 0.2) is 18.2 Å². The van der Waals surface area contributed by atoms with Crippen LogP contribution in [-0.4, -0.2) is 19.0 Å². The summed E-state index contributed by atoms with van der Waals surface area (Å²) in [6.07, 6.45) is -2.37. The molecule has 0 unspecified atom stereocenters. The van der Waals surface area contributed by atoms with E-state index >= 15 is 0 Å². The van der Waals surface area contributed by atoms with E-state index in [1.165, 1.54) is 12.1 Å². The molecule has 0 bridgehead atoms. The fourth-order valence-electron chi connectivity index (χ4n) is 1.64. The summed E-state index contributed by atoms with van der Waals surface area (Å²) in [4.78, 5) is 11.5. The van der Waals surface area contributed by atoms with Crippen molar-refractivity contribution in [3.05, 3.63) is 23.8 Å². The molecule has 4 N–H and O–H groups in total. The van der Waals surface area contributed by atoms with Gasteiger partial charge in [-0.05, 0) is 24.1 Å². The quantitative estimate of drug-likeness (QED) is 0.675. The third-order valence-corrected chi connectivity index (χ3v) is 2.69. The Balaban J connectivity index is 2.48. The summed E-state index contributed by atoms with van der Waals surface area (Å²) < 4.78 is 25.7. The summed E-state index contributed by atoms with van der Waals surface area (Å²) in [5.74, 6) is 0.287. The van der Waals surface area contributed by atoms with E-state index in [0.29, 0.717) is 30.4 Å². The zero-order valence-electron chi connectivity index (χ0n) is 11.7. The van der Waals surface area contributed by atoms with Crippen molar-refractivity contribution in [2.45, 2.75) is 26.7 Å². The Morgan fingerprint density at radius 1 is 1.35 bits per heavy atom. The summed E-state index contributed by atoms with van der Waals surface area (Å²) in [6, 6.07) is 4.29. The highest BCUT2D eigenvalue weighted by atomic mass is 19.3. The number of nitrogens with one attached hydrogen (secondary N) is 2. The summed E-state index contributed by atoms with van der Waals surface area (Å²) in [5.41, 5.74) is 5.94. The molecular weight excluding hydrogens is 264 g/mol. The maximum Gasteiger partial charge on any atom is 0.265 e. The van der Waals surface area contributed by atoms with Gasteiger partial charge in [-0.15, -0.1) is 0 Å². The van der Waals surface area contributed by atoms with Gasteiger partial charge in [0.15, 0.2) is 0 Å². The lowest BCUT2D eigenvalue weighted by Gasteiger charge is -2.12. The van der Waals surface area contributed by atoms with Crippen LogP contribution in [0, 0.1) is 5.92 Å². The number of benzene rings is 1. The van der Waals surface area contributed by atoms with Gasteiger partial charge in [-0.3, -0.25) is 4.79 Å². The van der Waals surface area contributed by atoms with Gasteiger partial charge in [-0.1, -0.05) is 13.8 Å². The highest BCUT2D eigenvalue weighted by Gasteiger charge is 2.13. The van der Waals surface area contributed by atoms with Gasteiger partial charge in [-0.2, -0.15) is 0 Å². The Bertz CT molecular complexity index is 450. The highest BCUT2D eigenvalue weighted by molar-refractivity contribution is 5.76. The molecule has 0 radical (unpaired) electrons. The topological polar surface area (TPSA) is 67.2 Å². The van der Waals surface area contributed by atoms with Crippen LogP contribution < -0.4 is 16.4 Å². The van der Waals surface area contributed by atoms with Crippen molar-refractivity contribution in [3.8, 4) is 0 Å². The number of anilines is 2. The van der Waals surface area contributed by atoms with Crippen LogP contribution in [-0.2, 0) is 4.79 Å². The van der Waals surface area contributed by atoms with E-state index in [4.69, 9.17) is 5.73 Å². The highest BCUT2D eigenvalue weighted by Crippen LogP contribution is 2.28. The molecule has 1 aromatic rings. The van der Waals surface area contributed by atoms with E-state index in [9.17, 15) is 13.6 Å². The number of halogens is 2. The minimum atomic E-state index is -2.60. The molecule has 0 saturated carbocycles. The first-order valence-electron chi connectivity index (χ1n) is 6.58. The molecule has 112 valence electrons. The molecule has 0 spiro atoms. The third kappa shape index (κ3) is 5.42. The summed E-state index contributed by atoms with van der Waals surface area (Å²) in [7, 11) is 0. The van der Waals surface area contributed by atoms with Crippen molar-refractivity contribution < 1.29 is 13.6 Å². The lowest BCUT2D eigenvalue weighted by Crippen LogP contribution is -2.28. The van der Waals surface area contributed by atoms with Crippen molar-refractivity contribution in [3.63, 3.8) is 0 Å². The van der Waals surface area contributed by atoms with Gasteiger partial charge < -0.3 is 16.4 Å². The number of hydrogen-bond acceptors (Lipinski definition) is 3. The third-order valence-electron chi connectivity index (χ3n) is 2.69. The van der Waals surface area contributed by atoms with Gasteiger partial charge in [-0.25, -0.2) is 8.78 Å². The maximum absolute atomic E-state index is 12.8. The number of nitrogens with two attached hydrogens (primary N) is 1. The summed E-state index contributed by atoms with van der Waals surface area (Å²) in [5, 5.41) is 5.61. The van der Waals surface area contributed by atoms with Gasteiger partial charge in [0.25, 0.3) is 6.43 Å². The molecule has 1 rings (SSSR count). The molecule has 1 aromatic carbocycles. The average molecular weight is 285 g/mol. The molecule has 4 nitrogen and oxygen atoms in total. The fourth-order valence-corrected chi connectivity index (χ4v) is 1.64. The standard InChI is InChI=1S/C14H21F2N3O/c1-9(2)8-19-13(20)5-6-18-12-4-3-10(17)7-11(12)14(15)16/h3-4,7,9,14,18H,5-6,8,17H2,1-2H3,(H,19,20). The van der Waals surface area contributed by atoms with Gasteiger partial charge in [0.05, 0.1) is 0 Å². The molecule has 20 heavy (non-hydrogen) atoms. The number of nitrogen functional groups attached to an aromatic ring is 1. The molecule has 0 saturated heterocycles. The van der Waals surface area contributed by atoms with Crippen LogP contribution in [0.2, 0.25) is 0 Å². The first-order chi connectivity index (χ1) is 9.40. The number of carbonyl (C=O) groups is 1. The van der Waals surface area contributed by atoms with E-state index in [-0.39, 0.29) is 17.9 Å². The van der Waals surface area contributed by atoms with E-state index in [2.05, 4.69) is 10.6 Å². The Kier molecular flexibility index (Phi) is 6.21. The Hall–Kier alpha value is -1.85. The molecule has 0 fully saturated rings. The van der Waals surface area contributed by atoms with Crippen molar-refractivity contribution in [2.24, 2.45) is 5.92 Å². The van der Waals surface area contributed by atoms with Gasteiger partial charge in [0.2, 0.25) is 5.91 Å². The van der Waals surface area contributed by atoms with E-state index in [1.54, 1.807) is 6.07 Å². The monoisotopic (exact) mass is 285 g/mol. The average Bonchev–Trinajstić information content (AvgIpc) is 2.37. The van der Waals surface area contributed by atoms with Crippen LogP contribution in [0.3, 0.4) is 0 Å². The number of hydrogen-bond donors (Lipinski definition) is 3. The second-order valence-corrected chi connectivity index (χ2v) is 5.02. The van der Waals surface area contributed by atoms with Crippen LogP contribution in [0.25, 0.3) is 0 Å². The molecule has 0 aromatic heterocycles. The molecule has 0 aliphatic heterocycles. The predicted molar refractivity (Wildman–Crippen MR) is 76.8 cm³/mol. The zero-order chi connectivity index (χ0) is 15.1. The molecule has 6 heteroatoms. The van der Waals surface area contributed by atoms with Crippen LogP contribution in [0.4, 0.5) is 20.2 Å². The predicted octanol–water partition coefficient (Wildman–Crippen LogP) is 2.78. The Labute approximate surface area is 117 Å². The van der Waals surface area contributed by atoms with Crippen molar-refractivity contribution in [1.29, 1.82) is 0 Å². The minimum absolute atomic E-state index is 0.0970. The fraction of sp³-hybridized carbons (Fsp3) is 0.500. The molecule has 0 aliphatic carbocycles. The Morgan fingerprint density at radius 3 is 2.65 bits per heavy atom. The largest absolute Gasteiger partial charge is 0.399 e. The van der Waals surface area contributed by atoms with E-state index in [1.807, 2.05) is 13.8 Å². The zero-order valence-corrected chi connectivity index (χ0v) is 11.7. The number of alkyl halides is 2. The number of amides is 1. The smallest absolute Gasteiger partial charge is 0.265 e. The van der Waals surface area contributed by atoms with Crippen molar-refractivity contribution >= 4 is 17.3 Å². The number of carbonyl (C=O) groups excluding carboxylic acids is 1. The summed E-state index contributed by atoms with van der Waals surface area (Å²) in [6.45, 7) is 4.92. The second kappa shape index (κ2) is 7.67. The first-order valence-corrected chi connectivity index (χ1v) is 6.58. The van der Waals surface area contributed by atoms with Crippen LogP contribution in [0.1, 0.15) is 32.3 Å². The maximum atomic E-state index is 12.8. The van der Waals surface area contributed by atoms with Gasteiger partial charge >= 0.3 is 0 Å².